The normalized spacial score (nSPS) is 22.2. The van der Waals surface area contributed by atoms with Crippen molar-refractivity contribution in [1.29, 1.82) is 0 Å². The Morgan fingerprint density at radius 3 is 3.00 bits per heavy atom. The average Bonchev–Trinajstić information content (AvgIpc) is 2.72. The van der Waals surface area contributed by atoms with Crippen LogP contribution in [-0.2, 0) is 13.1 Å². The Balaban J connectivity index is 1.59. The lowest BCUT2D eigenvalue weighted by atomic mass is 9.98. The Bertz CT molecular complexity index is 333. The predicted octanol–water partition coefficient (Wildman–Crippen LogP) is 1.40. The van der Waals surface area contributed by atoms with Crippen molar-refractivity contribution < 1.29 is 0 Å². The van der Waals surface area contributed by atoms with Gasteiger partial charge < -0.3 is 5.32 Å². The van der Waals surface area contributed by atoms with Crippen LogP contribution in [0.3, 0.4) is 0 Å². The largest absolute Gasteiger partial charge is 0.317 e. The SMILES string of the molecule is c1cnc2c(c1)CN(CC1CCNCC1)C2. The molecule has 1 aromatic rings. The summed E-state index contributed by atoms with van der Waals surface area (Å²) in [5, 5.41) is 3.43. The van der Waals surface area contributed by atoms with Gasteiger partial charge in [0.25, 0.3) is 0 Å². The van der Waals surface area contributed by atoms with Crippen molar-refractivity contribution in [3.8, 4) is 0 Å². The third-order valence-electron chi connectivity index (χ3n) is 3.73. The van der Waals surface area contributed by atoms with Gasteiger partial charge in [-0.05, 0) is 43.5 Å². The summed E-state index contributed by atoms with van der Waals surface area (Å²) in [5.41, 5.74) is 2.72. The summed E-state index contributed by atoms with van der Waals surface area (Å²) in [4.78, 5) is 7.00. The highest BCUT2D eigenvalue weighted by Gasteiger charge is 2.23. The zero-order chi connectivity index (χ0) is 10.8. The molecule has 0 unspecified atom stereocenters. The van der Waals surface area contributed by atoms with Gasteiger partial charge in [-0.2, -0.15) is 0 Å². The van der Waals surface area contributed by atoms with Gasteiger partial charge in [0.05, 0.1) is 5.69 Å². The molecule has 2 aliphatic rings. The van der Waals surface area contributed by atoms with E-state index in [9.17, 15) is 0 Å². The van der Waals surface area contributed by atoms with Crippen LogP contribution in [0.5, 0.6) is 0 Å². The van der Waals surface area contributed by atoms with Crippen molar-refractivity contribution in [3.05, 3.63) is 29.6 Å². The molecule has 0 atom stereocenters. The van der Waals surface area contributed by atoms with E-state index in [0.717, 1.165) is 19.0 Å². The van der Waals surface area contributed by atoms with Crippen LogP contribution in [0.4, 0.5) is 0 Å². The molecule has 0 amide bonds. The van der Waals surface area contributed by atoms with Crippen LogP contribution < -0.4 is 5.32 Å². The van der Waals surface area contributed by atoms with E-state index in [0.29, 0.717) is 0 Å². The molecule has 1 aromatic heterocycles. The molecule has 0 bridgehead atoms. The lowest BCUT2D eigenvalue weighted by Crippen LogP contribution is -2.34. The highest BCUT2D eigenvalue weighted by atomic mass is 15.2. The quantitative estimate of drug-likeness (QED) is 0.811. The number of nitrogens with one attached hydrogen (secondary N) is 1. The molecule has 0 radical (unpaired) electrons. The molecule has 86 valence electrons. The highest BCUT2D eigenvalue weighted by molar-refractivity contribution is 5.23. The summed E-state index contributed by atoms with van der Waals surface area (Å²) in [6.07, 6.45) is 4.58. The molecule has 0 spiro atoms. The summed E-state index contributed by atoms with van der Waals surface area (Å²) >= 11 is 0. The predicted molar refractivity (Wildman–Crippen MR) is 63.9 cm³/mol. The molecule has 0 aromatic carbocycles. The van der Waals surface area contributed by atoms with Gasteiger partial charge in [0, 0.05) is 25.8 Å². The molecule has 16 heavy (non-hydrogen) atoms. The minimum absolute atomic E-state index is 0.885. The summed E-state index contributed by atoms with van der Waals surface area (Å²) in [6.45, 7) is 5.80. The smallest absolute Gasteiger partial charge is 0.0589 e. The van der Waals surface area contributed by atoms with Crippen LogP contribution in [-0.4, -0.2) is 29.5 Å². The first-order chi connectivity index (χ1) is 7.92. The van der Waals surface area contributed by atoms with Gasteiger partial charge in [-0.15, -0.1) is 0 Å². The fraction of sp³-hybridized carbons (Fsp3) is 0.615. The molecular formula is C13H19N3. The topological polar surface area (TPSA) is 28.2 Å². The summed E-state index contributed by atoms with van der Waals surface area (Å²) in [7, 11) is 0. The van der Waals surface area contributed by atoms with E-state index >= 15 is 0 Å². The second-order valence-corrected chi connectivity index (χ2v) is 4.97. The van der Waals surface area contributed by atoms with Crippen molar-refractivity contribution in [3.63, 3.8) is 0 Å². The summed E-state index contributed by atoms with van der Waals surface area (Å²) in [6, 6.07) is 4.26. The Labute approximate surface area is 96.9 Å². The van der Waals surface area contributed by atoms with Crippen LogP contribution >= 0.6 is 0 Å². The lowest BCUT2D eigenvalue weighted by Gasteiger charge is -2.26. The molecule has 3 rings (SSSR count). The fourth-order valence-corrected chi connectivity index (χ4v) is 2.82. The standard InChI is InChI=1S/C13H19N3/c1-2-12-9-16(10-13(12)15-5-1)8-11-3-6-14-7-4-11/h1-2,5,11,14H,3-4,6-10H2. The second-order valence-electron chi connectivity index (χ2n) is 4.97. The van der Waals surface area contributed by atoms with Gasteiger partial charge in [-0.3, -0.25) is 9.88 Å². The van der Waals surface area contributed by atoms with E-state index in [2.05, 4.69) is 21.3 Å². The van der Waals surface area contributed by atoms with E-state index in [1.165, 1.54) is 43.7 Å². The number of rotatable bonds is 2. The molecule has 3 nitrogen and oxygen atoms in total. The number of fused-ring (bicyclic) bond motifs is 1. The maximum Gasteiger partial charge on any atom is 0.0589 e. The van der Waals surface area contributed by atoms with Gasteiger partial charge in [0.2, 0.25) is 0 Å². The number of pyridine rings is 1. The molecule has 0 saturated carbocycles. The number of hydrogen-bond donors (Lipinski definition) is 1. The first-order valence-corrected chi connectivity index (χ1v) is 6.27. The number of piperidine rings is 1. The van der Waals surface area contributed by atoms with E-state index < -0.39 is 0 Å². The molecule has 3 heteroatoms. The molecular weight excluding hydrogens is 198 g/mol. The second kappa shape index (κ2) is 4.52. The van der Waals surface area contributed by atoms with Crippen molar-refractivity contribution in [1.82, 2.24) is 15.2 Å². The van der Waals surface area contributed by atoms with E-state index in [-0.39, 0.29) is 0 Å². The molecule has 3 heterocycles. The van der Waals surface area contributed by atoms with Gasteiger partial charge in [-0.25, -0.2) is 0 Å². The zero-order valence-corrected chi connectivity index (χ0v) is 9.65. The Morgan fingerprint density at radius 1 is 1.31 bits per heavy atom. The van der Waals surface area contributed by atoms with E-state index in [4.69, 9.17) is 0 Å². The Morgan fingerprint density at radius 2 is 2.19 bits per heavy atom. The molecule has 1 saturated heterocycles. The molecule has 0 aliphatic carbocycles. The van der Waals surface area contributed by atoms with Gasteiger partial charge >= 0.3 is 0 Å². The van der Waals surface area contributed by atoms with E-state index in [1.807, 2.05) is 12.3 Å². The van der Waals surface area contributed by atoms with Crippen molar-refractivity contribution >= 4 is 0 Å². The number of hydrogen-bond acceptors (Lipinski definition) is 3. The summed E-state index contributed by atoms with van der Waals surface area (Å²) < 4.78 is 0. The Hall–Kier alpha value is -0.930. The van der Waals surface area contributed by atoms with Crippen LogP contribution in [0.2, 0.25) is 0 Å². The highest BCUT2D eigenvalue weighted by Crippen LogP contribution is 2.23. The zero-order valence-electron chi connectivity index (χ0n) is 9.65. The average molecular weight is 217 g/mol. The van der Waals surface area contributed by atoms with Gasteiger partial charge in [0.15, 0.2) is 0 Å². The van der Waals surface area contributed by atoms with Crippen LogP contribution in [0.25, 0.3) is 0 Å². The monoisotopic (exact) mass is 217 g/mol. The van der Waals surface area contributed by atoms with Gasteiger partial charge in [-0.1, -0.05) is 6.07 Å². The molecule has 2 aliphatic heterocycles. The number of nitrogens with zero attached hydrogens (tertiary/aromatic N) is 2. The third-order valence-corrected chi connectivity index (χ3v) is 3.73. The fourth-order valence-electron chi connectivity index (χ4n) is 2.82. The third kappa shape index (κ3) is 2.11. The lowest BCUT2D eigenvalue weighted by molar-refractivity contribution is 0.207. The van der Waals surface area contributed by atoms with Crippen LogP contribution in [0.15, 0.2) is 18.3 Å². The first-order valence-electron chi connectivity index (χ1n) is 6.27. The van der Waals surface area contributed by atoms with Crippen LogP contribution in [0.1, 0.15) is 24.1 Å². The maximum atomic E-state index is 4.45. The minimum atomic E-state index is 0.885. The van der Waals surface area contributed by atoms with Crippen molar-refractivity contribution in [2.75, 3.05) is 19.6 Å². The minimum Gasteiger partial charge on any atom is -0.317 e. The van der Waals surface area contributed by atoms with Gasteiger partial charge in [0.1, 0.15) is 0 Å². The van der Waals surface area contributed by atoms with Crippen molar-refractivity contribution in [2.45, 2.75) is 25.9 Å². The molecule has 1 N–H and O–H groups in total. The van der Waals surface area contributed by atoms with E-state index in [1.54, 1.807) is 0 Å². The Kier molecular flexibility index (Phi) is 2.89. The first kappa shape index (κ1) is 10.2. The maximum absolute atomic E-state index is 4.45. The van der Waals surface area contributed by atoms with Crippen LogP contribution in [0, 0.1) is 5.92 Å². The number of aromatic nitrogens is 1. The van der Waals surface area contributed by atoms with Crippen molar-refractivity contribution in [2.24, 2.45) is 5.92 Å². The molecule has 1 fully saturated rings. The summed E-state index contributed by atoms with van der Waals surface area (Å²) in [5.74, 6) is 0.885.